The Morgan fingerprint density at radius 1 is 0.611 bits per heavy atom. The van der Waals surface area contributed by atoms with Gasteiger partial charge in [0.1, 0.15) is 0 Å². The predicted molar refractivity (Wildman–Crippen MR) is 64.9 cm³/mol. The van der Waals surface area contributed by atoms with Gasteiger partial charge in [0.25, 0.3) is 0 Å². The van der Waals surface area contributed by atoms with Crippen LogP contribution in [0.3, 0.4) is 0 Å². The second-order valence-electron chi connectivity index (χ2n) is 2.96. The lowest BCUT2D eigenvalue weighted by Crippen LogP contribution is -2.23. The van der Waals surface area contributed by atoms with Crippen LogP contribution in [0.2, 0.25) is 0 Å². The Kier molecular flexibility index (Phi) is 5.33. The van der Waals surface area contributed by atoms with Gasteiger partial charge in [0.05, 0.1) is 17.1 Å². The zero-order valence-electron chi connectivity index (χ0n) is 9.19. The molecule has 1 rings (SSSR count). The number of carbonyl (C=O) groups excluding carboxylic acids is 3. The number of carbonyl (C=O) groups is 3. The minimum atomic E-state index is 0.473. The van der Waals surface area contributed by atoms with Gasteiger partial charge in [0.15, 0.2) is 0 Å². The van der Waals surface area contributed by atoms with E-state index in [0.717, 1.165) is 0 Å². The zero-order chi connectivity index (χ0) is 13.2. The molecule has 0 bridgehead atoms. The molecule has 6 N–H and O–H groups in total. The van der Waals surface area contributed by atoms with Gasteiger partial charge in [-0.25, -0.2) is 0 Å². The molecule has 1 aromatic carbocycles. The molecule has 0 aliphatic rings. The van der Waals surface area contributed by atoms with Crippen LogP contribution in [0.4, 0.5) is 17.1 Å². The van der Waals surface area contributed by atoms with Gasteiger partial charge in [0.2, 0.25) is 19.2 Å². The van der Waals surface area contributed by atoms with E-state index in [0.29, 0.717) is 36.3 Å². The third-order valence-electron chi connectivity index (χ3n) is 1.76. The molecular weight excluding hydrogens is 240 g/mol. The lowest BCUT2D eigenvalue weighted by molar-refractivity contribution is -0.109. The number of amides is 3. The summed E-state index contributed by atoms with van der Waals surface area (Å²) in [6.45, 7) is 0. The van der Waals surface area contributed by atoms with Gasteiger partial charge < -0.3 is 0 Å². The summed E-state index contributed by atoms with van der Waals surface area (Å²) in [5.41, 5.74) is 16.2. The molecule has 0 radical (unpaired) electrons. The molecule has 0 saturated carbocycles. The van der Waals surface area contributed by atoms with Crippen molar-refractivity contribution in [3.8, 4) is 0 Å². The number of anilines is 3. The maximum atomic E-state index is 10.2. The fourth-order valence-electron chi connectivity index (χ4n) is 1.18. The first-order valence-electron chi connectivity index (χ1n) is 4.81. The molecule has 0 unspecified atom stereocenters. The van der Waals surface area contributed by atoms with Crippen molar-refractivity contribution in [2.45, 2.75) is 0 Å². The van der Waals surface area contributed by atoms with Crippen molar-refractivity contribution in [3.05, 3.63) is 18.2 Å². The summed E-state index contributed by atoms with van der Waals surface area (Å²) in [6.07, 6.45) is 1.42. The van der Waals surface area contributed by atoms with E-state index >= 15 is 0 Å². The molecular formula is C9H12N6O3. The van der Waals surface area contributed by atoms with Crippen molar-refractivity contribution in [2.24, 2.45) is 0 Å². The largest absolute Gasteiger partial charge is 0.299 e. The molecule has 1 aromatic rings. The van der Waals surface area contributed by atoms with Crippen molar-refractivity contribution in [1.82, 2.24) is 16.3 Å². The van der Waals surface area contributed by atoms with E-state index in [9.17, 15) is 14.4 Å². The maximum absolute atomic E-state index is 10.2. The van der Waals surface area contributed by atoms with Crippen molar-refractivity contribution >= 4 is 36.3 Å². The Balaban J connectivity index is 2.83. The Bertz CT molecular complexity index is 351. The van der Waals surface area contributed by atoms with Crippen molar-refractivity contribution in [2.75, 3.05) is 16.3 Å². The molecule has 0 atom stereocenters. The lowest BCUT2D eigenvalue weighted by atomic mass is 10.2. The summed E-state index contributed by atoms with van der Waals surface area (Å²) >= 11 is 0. The molecule has 3 amide bonds. The highest BCUT2D eigenvalue weighted by atomic mass is 16.1. The van der Waals surface area contributed by atoms with Crippen LogP contribution in [-0.4, -0.2) is 19.2 Å². The minimum Gasteiger partial charge on any atom is -0.299 e. The molecule has 0 aliphatic heterocycles. The van der Waals surface area contributed by atoms with Crippen LogP contribution >= 0.6 is 0 Å². The molecule has 0 aliphatic carbocycles. The number of rotatable bonds is 9. The van der Waals surface area contributed by atoms with E-state index in [4.69, 9.17) is 0 Å². The Morgan fingerprint density at radius 2 is 0.889 bits per heavy atom. The van der Waals surface area contributed by atoms with Crippen LogP contribution < -0.4 is 32.6 Å². The van der Waals surface area contributed by atoms with E-state index in [2.05, 4.69) is 32.6 Å². The second kappa shape index (κ2) is 7.33. The molecule has 0 heterocycles. The number of hydrogen-bond acceptors (Lipinski definition) is 6. The molecule has 0 fully saturated rings. The third kappa shape index (κ3) is 4.26. The van der Waals surface area contributed by atoms with Crippen LogP contribution in [0.1, 0.15) is 0 Å². The summed E-state index contributed by atoms with van der Waals surface area (Å²) in [4.78, 5) is 30.5. The first-order chi connectivity index (χ1) is 8.80. The summed E-state index contributed by atoms with van der Waals surface area (Å²) in [5.74, 6) is 0. The molecule has 9 nitrogen and oxygen atoms in total. The van der Waals surface area contributed by atoms with Gasteiger partial charge in [-0.3, -0.25) is 46.9 Å². The SMILES string of the molecule is O=CNNc1cc(NNC=O)cc(NNC=O)c1. The smallest absolute Gasteiger partial charge is 0.225 e. The fourth-order valence-corrected chi connectivity index (χ4v) is 1.18. The average Bonchev–Trinajstić information content (AvgIpc) is 2.40. The van der Waals surface area contributed by atoms with Crippen LogP contribution in [0.15, 0.2) is 18.2 Å². The molecule has 18 heavy (non-hydrogen) atoms. The van der Waals surface area contributed by atoms with E-state index < -0.39 is 0 Å². The topological polar surface area (TPSA) is 123 Å². The predicted octanol–water partition coefficient (Wildman–Crippen LogP) is -1.09. The van der Waals surface area contributed by atoms with Crippen molar-refractivity contribution < 1.29 is 14.4 Å². The van der Waals surface area contributed by atoms with E-state index in [1.807, 2.05) is 0 Å². The standard InChI is InChI=1S/C9H12N6O3/c16-4-10-13-7-1-8(14-11-5-17)3-9(2-7)15-12-6-18/h1-6,13-15H,(H,10,16)(H,11,17)(H,12,18). The fraction of sp³-hybridized carbons (Fsp3) is 0. The minimum absolute atomic E-state index is 0.473. The molecule has 9 heteroatoms. The lowest BCUT2D eigenvalue weighted by Gasteiger charge is -2.12. The highest BCUT2D eigenvalue weighted by Crippen LogP contribution is 2.21. The van der Waals surface area contributed by atoms with Crippen LogP contribution in [0.25, 0.3) is 0 Å². The van der Waals surface area contributed by atoms with Gasteiger partial charge in [-0.1, -0.05) is 0 Å². The van der Waals surface area contributed by atoms with Gasteiger partial charge in [0, 0.05) is 0 Å². The summed E-state index contributed by atoms with van der Waals surface area (Å²) < 4.78 is 0. The van der Waals surface area contributed by atoms with Gasteiger partial charge in [-0.2, -0.15) is 0 Å². The Hall–Kier alpha value is -2.97. The van der Waals surface area contributed by atoms with Gasteiger partial charge in [-0.05, 0) is 18.2 Å². The maximum Gasteiger partial charge on any atom is 0.225 e. The Morgan fingerprint density at radius 3 is 1.11 bits per heavy atom. The average molecular weight is 252 g/mol. The van der Waals surface area contributed by atoms with Crippen LogP contribution in [0.5, 0.6) is 0 Å². The highest BCUT2D eigenvalue weighted by molar-refractivity contribution is 5.69. The molecule has 0 aromatic heterocycles. The van der Waals surface area contributed by atoms with E-state index in [1.165, 1.54) is 0 Å². The highest BCUT2D eigenvalue weighted by Gasteiger charge is 2.00. The van der Waals surface area contributed by atoms with E-state index in [1.54, 1.807) is 18.2 Å². The summed E-state index contributed by atoms with van der Waals surface area (Å²) in [7, 11) is 0. The molecule has 0 saturated heterocycles. The first kappa shape index (κ1) is 13.1. The normalized spacial score (nSPS) is 8.67. The second-order valence-corrected chi connectivity index (χ2v) is 2.96. The summed E-state index contributed by atoms with van der Waals surface area (Å²) in [6, 6.07) is 4.87. The third-order valence-corrected chi connectivity index (χ3v) is 1.76. The zero-order valence-corrected chi connectivity index (χ0v) is 9.19. The molecule has 0 spiro atoms. The number of hydrogen-bond donors (Lipinski definition) is 6. The van der Waals surface area contributed by atoms with Crippen LogP contribution in [-0.2, 0) is 14.4 Å². The van der Waals surface area contributed by atoms with Crippen molar-refractivity contribution in [1.29, 1.82) is 0 Å². The van der Waals surface area contributed by atoms with Gasteiger partial charge in [-0.15, -0.1) is 0 Å². The van der Waals surface area contributed by atoms with Gasteiger partial charge >= 0.3 is 0 Å². The number of benzene rings is 1. The van der Waals surface area contributed by atoms with Crippen LogP contribution in [0, 0.1) is 0 Å². The summed E-state index contributed by atoms with van der Waals surface area (Å²) in [5, 5.41) is 0. The number of nitrogens with one attached hydrogen (secondary N) is 6. The molecule has 96 valence electrons. The van der Waals surface area contributed by atoms with E-state index in [-0.39, 0.29) is 0 Å². The quantitative estimate of drug-likeness (QED) is 0.245. The monoisotopic (exact) mass is 252 g/mol. The van der Waals surface area contributed by atoms with Crippen molar-refractivity contribution in [3.63, 3.8) is 0 Å². The first-order valence-corrected chi connectivity index (χ1v) is 4.81. The number of hydrazine groups is 3. The Labute approximate surface area is 102 Å².